The van der Waals surface area contributed by atoms with Crippen molar-refractivity contribution in [2.45, 2.75) is 26.3 Å². The molecule has 2 fully saturated rings. The maximum Gasteiger partial charge on any atom is 0.194 e. The molecule has 10 heteroatoms. The minimum Gasteiger partial charge on any atom is -0.506 e. The number of hydrogen-bond donors (Lipinski definition) is 2. The molecule has 2 aliphatic heterocycles. The second-order valence-electron chi connectivity index (χ2n) is 8.08. The van der Waals surface area contributed by atoms with E-state index in [1.807, 2.05) is 18.2 Å². The van der Waals surface area contributed by atoms with Gasteiger partial charge in [0.05, 0.1) is 12.3 Å². The van der Waals surface area contributed by atoms with Crippen molar-refractivity contribution in [1.29, 1.82) is 0 Å². The predicted molar refractivity (Wildman–Crippen MR) is 136 cm³/mol. The molecule has 0 spiro atoms. The standard InChI is InChI=1S/C22H33N7O2.HI/c1-2-21-26-25-17-29(21)9-8-23-22(24-15-18-7-14-31-16-18)28-12-10-27(11-13-28)19-5-3-4-6-20(19)30;/h3-6,17-18,30H,2,7-16H2,1H3,(H,23,24);1H. The maximum absolute atomic E-state index is 10.2. The Morgan fingerprint density at radius 3 is 2.78 bits per heavy atom. The van der Waals surface area contributed by atoms with Gasteiger partial charge in [0.2, 0.25) is 0 Å². The monoisotopic (exact) mass is 555 g/mol. The molecule has 4 rings (SSSR count). The quantitative estimate of drug-likeness (QED) is 0.307. The summed E-state index contributed by atoms with van der Waals surface area (Å²) in [5.41, 5.74) is 0.899. The van der Waals surface area contributed by atoms with E-state index in [1.165, 1.54) is 0 Å². The Morgan fingerprint density at radius 2 is 2.06 bits per heavy atom. The van der Waals surface area contributed by atoms with Gasteiger partial charge in [0.15, 0.2) is 5.96 Å². The van der Waals surface area contributed by atoms with E-state index in [0.717, 1.165) is 89.3 Å². The molecule has 1 unspecified atom stereocenters. The first-order chi connectivity index (χ1) is 15.2. The molecule has 9 nitrogen and oxygen atoms in total. The Bertz CT molecular complexity index is 861. The molecule has 0 bridgehead atoms. The number of piperazine rings is 1. The Hall–Kier alpha value is -2.08. The minimum absolute atomic E-state index is 0. The zero-order chi connectivity index (χ0) is 21.5. The number of guanidine groups is 1. The molecule has 176 valence electrons. The molecule has 2 aliphatic rings. The molecule has 0 aliphatic carbocycles. The van der Waals surface area contributed by atoms with E-state index in [0.29, 0.717) is 11.7 Å². The molecular weight excluding hydrogens is 521 g/mol. The lowest BCUT2D eigenvalue weighted by Crippen LogP contribution is -2.53. The van der Waals surface area contributed by atoms with Crippen LogP contribution in [0.25, 0.3) is 0 Å². The van der Waals surface area contributed by atoms with E-state index < -0.39 is 0 Å². The van der Waals surface area contributed by atoms with Gasteiger partial charge < -0.3 is 29.5 Å². The number of nitrogens with one attached hydrogen (secondary N) is 1. The first-order valence-electron chi connectivity index (χ1n) is 11.2. The summed E-state index contributed by atoms with van der Waals surface area (Å²) in [4.78, 5) is 9.50. The third-order valence-corrected chi connectivity index (χ3v) is 5.97. The fourth-order valence-electron chi connectivity index (χ4n) is 4.13. The molecule has 0 saturated carbocycles. The third kappa shape index (κ3) is 6.25. The van der Waals surface area contributed by atoms with Crippen molar-refractivity contribution in [3.05, 3.63) is 36.4 Å². The van der Waals surface area contributed by atoms with Gasteiger partial charge in [0, 0.05) is 64.8 Å². The number of benzene rings is 1. The topological polar surface area (TPSA) is 91.0 Å². The number of halogens is 1. The van der Waals surface area contributed by atoms with Crippen LogP contribution in [0.5, 0.6) is 5.75 Å². The molecule has 32 heavy (non-hydrogen) atoms. The number of rotatable bonds is 7. The second kappa shape index (κ2) is 12.2. The van der Waals surface area contributed by atoms with Crippen LogP contribution in [0.3, 0.4) is 0 Å². The number of anilines is 1. The zero-order valence-electron chi connectivity index (χ0n) is 18.7. The number of ether oxygens (including phenoxy) is 1. The molecule has 0 amide bonds. The summed E-state index contributed by atoms with van der Waals surface area (Å²) < 4.78 is 7.60. The van der Waals surface area contributed by atoms with E-state index in [2.05, 4.69) is 36.8 Å². The number of aliphatic imine (C=N–C) groups is 1. The van der Waals surface area contributed by atoms with Crippen molar-refractivity contribution >= 4 is 35.6 Å². The lowest BCUT2D eigenvalue weighted by molar-refractivity contribution is 0.187. The van der Waals surface area contributed by atoms with Crippen LogP contribution in [-0.2, 0) is 17.7 Å². The molecule has 1 aromatic heterocycles. The highest BCUT2D eigenvalue weighted by Crippen LogP contribution is 2.27. The maximum atomic E-state index is 10.2. The summed E-state index contributed by atoms with van der Waals surface area (Å²) in [6.45, 7) is 9.50. The molecule has 3 heterocycles. The summed E-state index contributed by atoms with van der Waals surface area (Å²) >= 11 is 0. The van der Waals surface area contributed by atoms with Gasteiger partial charge in [-0.1, -0.05) is 19.1 Å². The average Bonchev–Trinajstić information content (AvgIpc) is 3.48. The van der Waals surface area contributed by atoms with Gasteiger partial charge >= 0.3 is 0 Å². The van der Waals surface area contributed by atoms with Gasteiger partial charge in [0.1, 0.15) is 17.9 Å². The summed E-state index contributed by atoms with van der Waals surface area (Å²) in [5.74, 6) is 2.79. The molecule has 1 aromatic carbocycles. The van der Waals surface area contributed by atoms with E-state index in [9.17, 15) is 5.11 Å². The number of hydrogen-bond acceptors (Lipinski definition) is 6. The second-order valence-corrected chi connectivity index (χ2v) is 8.08. The number of nitrogens with zero attached hydrogens (tertiary/aromatic N) is 6. The van der Waals surface area contributed by atoms with Crippen LogP contribution < -0.4 is 10.2 Å². The molecular formula is C22H34IN7O2. The van der Waals surface area contributed by atoms with Gasteiger partial charge in [-0.05, 0) is 18.6 Å². The fourth-order valence-corrected chi connectivity index (χ4v) is 4.13. The average molecular weight is 555 g/mol. The highest BCUT2D eigenvalue weighted by atomic mass is 127. The first-order valence-corrected chi connectivity index (χ1v) is 11.2. The largest absolute Gasteiger partial charge is 0.506 e. The van der Waals surface area contributed by atoms with E-state index in [1.54, 1.807) is 12.4 Å². The Labute approximate surface area is 206 Å². The van der Waals surface area contributed by atoms with Gasteiger partial charge in [-0.2, -0.15) is 0 Å². The van der Waals surface area contributed by atoms with E-state index in [-0.39, 0.29) is 24.0 Å². The van der Waals surface area contributed by atoms with Gasteiger partial charge in [-0.15, -0.1) is 34.2 Å². The van der Waals surface area contributed by atoms with E-state index >= 15 is 0 Å². The van der Waals surface area contributed by atoms with Crippen molar-refractivity contribution in [3.8, 4) is 5.75 Å². The third-order valence-electron chi connectivity index (χ3n) is 5.97. The summed E-state index contributed by atoms with van der Waals surface area (Å²) in [7, 11) is 0. The zero-order valence-corrected chi connectivity index (χ0v) is 21.0. The van der Waals surface area contributed by atoms with Crippen LogP contribution in [0.2, 0.25) is 0 Å². The smallest absolute Gasteiger partial charge is 0.194 e. The highest BCUT2D eigenvalue weighted by Gasteiger charge is 2.22. The van der Waals surface area contributed by atoms with Crippen molar-refractivity contribution in [3.63, 3.8) is 0 Å². The van der Waals surface area contributed by atoms with Crippen LogP contribution in [0.1, 0.15) is 19.2 Å². The molecule has 1 atom stereocenters. The van der Waals surface area contributed by atoms with E-state index in [4.69, 9.17) is 9.73 Å². The van der Waals surface area contributed by atoms with Crippen molar-refractivity contribution in [1.82, 2.24) is 25.0 Å². The summed E-state index contributed by atoms with van der Waals surface area (Å²) in [6, 6.07) is 7.55. The Morgan fingerprint density at radius 1 is 1.25 bits per heavy atom. The molecule has 2 aromatic rings. The van der Waals surface area contributed by atoms with Crippen LogP contribution in [-0.4, -0.2) is 83.2 Å². The first kappa shape index (κ1) is 24.6. The van der Waals surface area contributed by atoms with Crippen LogP contribution in [0.4, 0.5) is 5.69 Å². The van der Waals surface area contributed by atoms with Gasteiger partial charge in [0.25, 0.3) is 0 Å². The lowest BCUT2D eigenvalue weighted by atomic mass is 10.1. The number of phenolic OH excluding ortho intramolecular Hbond substituents is 1. The lowest BCUT2D eigenvalue weighted by Gasteiger charge is -2.38. The predicted octanol–water partition coefficient (Wildman–Crippen LogP) is 1.97. The van der Waals surface area contributed by atoms with Crippen molar-refractivity contribution < 1.29 is 9.84 Å². The molecule has 2 saturated heterocycles. The number of aromatic hydroxyl groups is 1. The summed E-state index contributed by atoms with van der Waals surface area (Å²) in [6.07, 6.45) is 3.74. The fraction of sp³-hybridized carbons (Fsp3) is 0.591. The van der Waals surface area contributed by atoms with Crippen LogP contribution in [0, 0.1) is 5.92 Å². The molecule has 0 radical (unpaired) electrons. The van der Waals surface area contributed by atoms with Crippen LogP contribution >= 0.6 is 24.0 Å². The minimum atomic E-state index is 0. The Kier molecular flexibility index (Phi) is 9.39. The SMILES string of the molecule is CCc1nncn1CCNC(=NCC1CCOC1)N1CCN(c2ccccc2O)CC1.I. The number of aromatic nitrogens is 3. The van der Waals surface area contributed by atoms with Crippen LogP contribution in [0.15, 0.2) is 35.6 Å². The number of aryl methyl sites for hydroxylation is 1. The van der Waals surface area contributed by atoms with Crippen molar-refractivity contribution in [2.24, 2.45) is 10.9 Å². The Balaban J connectivity index is 0.00000289. The number of phenols is 1. The number of para-hydroxylation sites is 2. The van der Waals surface area contributed by atoms with Crippen molar-refractivity contribution in [2.75, 3.05) is 57.4 Å². The normalized spacial score (nSPS) is 19.2. The molecule has 2 N–H and O–H groups in total. The highest BCUT2D eigenvalue weighted by molar-refractivity contribution is 14.0. The summed E-state index contributed by atoms with van der Waals surface area (Å²) in [5, 5.41) is 21.9. The van der Waals surface area contributed by atoms with Gasteiger partial charge in [-0.25, -0.2) is 0 Å². The van der Waals surface area contributed by atoms with Gasteiger partial charge in [-0.3, -0.25) is 4.99 Å².